The van der Waals surface area contributed by atoms with Crippen molar-refractivity contribution in [2.75, 3.05) is 12.9 Å². The average Bonchev–Trinajstić information content (AvgIpc) is 2.61. The van der Waals surface area contributed by atoms with Crippen molar-refractivity contribution in [3.05, 3.63) is 16.3 Å². The lowest BCUT2D eigenvalue weighted by atomic mass is 10.5. The number of carbonyl (C=O) groups is 1. The maximum atomic E-state index is 10.8. The van der Waals surface area contributed by atoms with Crippen molar-refractivity contribution < 1.29 is 9.53 Å². The highest BCUT2D eigenvalue weighted by Gasteiger charge is 2.06. The molecule has 13 heavy (non-hydrogen) atoms. The number of rotatable bonds is 3. The number of thioether (sulfide) groups is 1. The van der Waals surface area contributed by atoms with Crippen LogP contribution < -0.4 is 0 Å². The summed E-state index contributed by atoms with van der Waals surface area (Å²) < 4.78 is 4.48. The number of nitrogens with zero attached hydrogens (tertiary/aromatic N) is 1. The Morgan fingerprint density at radius 1 is 1.85 bits per heavy atom. The molecule has 0 aliphatic heterocycles. The van der Waals surface area contributed by atoms with Gasteiger partial charge in [-0.05, 0) is 11.4 Å². The number of nitriles is 1. The monoisotopic (exact) mass is 213 g/mol. The highest BCUT2D eigenvalue weighted by atomic mass is 32.2. The van der Waals surface area contributed by atoms with Gasteiger partial charge in [-0.2, -0.15) is 5.26 Å². The maximum absolute atomic E-state index is 10.8. The molecule has 0 radical (unpaired) electrons. The zero-order chi connectivity index (χ0) is 9.68. The summed E-state index contributed by atoms with van der Waals surface area (Å²) in [5.74, 6) is -0.0258. The Labute approximate surface area is 84.3 Å². The lowest BCUT2D eigenvalue weighted by Crippen LogP contribution is -2.02. The lowest BCUT2D eigenvalue weighted by molar-refractivity contribution is -0.137. The van der Waals surface area contributed by atoms with Crippen LogP contribution in [-0.2, 0) is 9.53 Å². The summed E-state index contributed by atoms with van der Waals surface area (Å²) in [6.07, 6.45) is 0. The van der Waals surface area contributed by atoms with E-state index >= 15 is 0 Å². The Hall–Kier alpha value is -0.990. The van der Waals surface area contributed by atoms with E-state index in [1.807, 2.05) is 11.4 Å². The Balaban J connectivity index is 2.55. The van der Waals surface area contributed by atoms with Crippen LogP contribution in [0.25, 0.3) is 0 Å². The van der Waals surface area contributed by atoms with E-state index in [0.29, 0.717) is 4.88 Å². The molecule has 0 bridgehead atoms. The summed E-state index contributed by atoms with van der Waals surface area (Å²) in [6, 6.07) is 3.89. The van der Waals surface area contributed by atoms with Gasteiger partial charge >= 0.3 is 5.97 Å². The Kier molecular flexibility index (Phi) is 3.80. The SMILES string of the molecule is COC(=O)CSc1ccsc1C#N. The number of esters is 1. The van der Waals surface area contributed by atoms with Gasteiger partial charge < -0.3 is 4.74 Å². The zero-order valence-corrected chi connectivity index (χ0v) is 8.58. The molecule has 0 unspecified atom stereocenters. The predicted octanol–water partition coefficient (Wildman–Crippen LogP) is 1.88. The molecule has 1 heterocycles. The van der Waals surface area contributed by atoms with Crippen molar-refractivity contribution in [1.82, 2.24) is 0 Å². The first kappa shape index (κ1) is 10.1. The molecule has 0 aliphatic rings. The van der Waals surface area contributed by atoms with Crippen molar-refractivity contribution in [2.24, 2.45) is 0 Å². The number of carbonyl (C=O) groups excluding carboxylic acids is 1. The van der Waals surface area contributed by atoms with E-state index in [2.05, 4.69) is 10.8 Å². The number of hydrogen-bond donors (Lipinski definition) is 0. The normalized spacial score (nSPS) is 9.23. The van der Waals surface area contributed by atoms with Crippen LogP contribution >= 0.6 is 23.1 Å². The van der Waals surface area contributed by atoms with Crippen LogP contribution in [-0.4, -0.2) is 18.8 Å². The molecule has 68 valence electrons. The van der Waals surface area contributed by atoms with Gasteiger partial charge in [0.1, 0.15) is 10.9 Å². The van der Waals surface area contributed by atoms with E-state index < -0.39 is 0 Å². The van der Waals surface area contributed by atoms with Gasteiger partial charge in [-0.3, -0.25) is 4.79 Å². The van der Waals surface area contributed by atoms with Crippen molar-refractivity contribution in [1.29, 1.82) is 5.26 Å². The first-order valence-electron chi connectivity index (χ1n) is 3.45. The molecule has 0 amide bonds. The van der Waals surface area contributed by atoms with E-state index in [1.165, 1.54) is 30.2 Å². The first-order valence-corrected chi connectivity index (χ1v) is 5.31. The largest absolute Gasteiger partial charge is 0.468 e. The number of methoxy groups -OCH3 is 1. The number of ether oxygens (including phenoxy) is 1. The standard InChI is InChI=1S/C8H7NO2S2/c1-11-8(10)5-13-6-2-3-12-7(6)4-9/h2-3H,5H2,1H3. The van der Waals surface area contributed by atoms with Crippen molar-refractivity contribution in [2.45, 2.75) is 4.90 Å². The van der Waals surface area contributed by atoms with Gasteiger partial charge in [-0.1, -0.05) is 0 Å². The van der Waals surface area contributed by atoms with Crippen molar-refractivity contribution in [3.8, 4) is 6.07 Å². The van der Waals surface area contributed by atoms with Crippen LogP contribution in [0, 0.1) is 11.3 Å². The van der Waals surface area contributed by atoms with Gasteiger partial charge in [0.25, 0.3) is 0 Å². The fourth-order valence-electron chi connectivity index (χ4n) is 0.688. The smallest absolute Gasteiger partial charge is 0.315 e. The zero-order valence-electron chi connectivity index (χ0n) is 6.94. The molecule has 0 fully saturated rings. The molecule has 1 aromatic rings. The van der Waals surface area contributed by atoms with Crippen LogP contribution in [0.5, 0.6) is 0 Å². The van der Waals surface area contributed by atoms with E-state index in [9.17, 15) is 4.79 Å². The summed E-state index contributed by atoms with van der Waals surface area (Å²) in [6.45, 7) is 0. The quantitative estimate of drug-likeness (QED) is 0.568. The predicted molar refractivity (Wildman–Crippen MR) is 51.8 cm³/mol. The van der Waals surface area contributed by atoms with E-state index in [-0.39, 0.29) is 11.7 Å². The molecule has 0 N–H and O–H groups in total. The summed E-state index contributed by atoms with van der Waals surface area (Å²) >= 11 is 2.70. The third kappa shape index (κ3) is 2.76. The Bertz CT molecular complexity index is 340. The fraction of sp³-hybridized carbons (Fsp3) is 0.250. The van der Waals surface area contributed by atoms with Gasteiger partial charge in [0, 0.05) is 4.90 Å². The third-order valence-corrected chi connectivity index (χ3v) is 3.28. The Morgan fingerprint density at radius 3 is 3.23 bits per heavy atom. The topological polar surface area (TPSA) is 50.1 Å². The molecule has 1 aromatic heterocycles. The minimum Gasteiger partial charge on any atom is -0.468 e. The van der Waals surface area contributed by atoms with Crippen molar-refractivity contribution >= 4 is 29.1 Å². The second-order valence-corrected chi connectivity index (χ2v) is 4.02. The molecular formula is C8H7NO2S2. The van der Waals surface area contributed by atoms with Crippen LogP contribution in [0.1, 0.15) is 4.88 Å². The summed E-state index contributed by atoms with van der Waals surface area (Å²) in [5, 5.41) is 10.5. The molecule has 0 saturated heterocycles. The van der Waals surface area contributed by atoms with E-state index in [1.54, 1.807) is 0 Å². The Morgan fingerprint density at radius 2 is 2.62 bits per heavy atom. The average molecular weight is 213 g/mol. The number of hydrogen-bond acceptors (Lipinski definition) is 5. The highest BCUT2D eigenvalue weighted by molar-refractivity contribution is 8.00. The van der Waals surface area contributed by atoms with E-state index in [0.717, 1.165) is 4.90 Å². The molecule has 0 aromatic carbocycles. The summed E-state index contributed by atoms with van der Waals surface area (Å²) in [5.41, 5.74) is 0. The van der Waals surface area contributed by atoms with Crippen LogP contribution in [0.2, 0.25) is 0 Å². The van der Waals surface area contributed by atoms with Crippen LogP contribution in [0.4, 0.5) is 0 Å². The first-order chi connectivity index (χ1) is 6.27. The molecule has 0 spiro atoms. The van der Waals surface area contributed by atoms with E-state index in [4.69, 9.17) is 5.26 Å². The molecule has 5 heteroatoms. The van der Waals surface area contributed by atoms with Gasteiger partial charge in [-0.25, -0.2) is 0 Å². The number of thiophene rings is 1. The van der Waals surface area contributed by atoms with Gasteiger partial charge in [0.2, 0.25) is 0 Å². The molecule has 0 atom stereocenters. The maximum Gasteiger partial charge on any atom is 0.315 e. The second-order valence-electron chi connectivity index (χ2n) is 2.09. The summed E-state index contributed by atoms with van der Waals surface area (Å²) in [7, 11) is 1.35. The molecule has 1 rings (SSSR count). The lowest BCUT2D eigenvalue weighted by Gasteiger charge is -1.97. The summed E-state index contributed by atoms with van der Waals surface area (Å²) in [4.78, 5) is 12.3. The second kappa shape index (κ2) is 4.90. The molecule has 0 aliphatic carbocycles. The fourth-order valence-corrected chi connectivity index (χ4v) is 2.40. The van der Waals surface area contributed by atoms with Crippen LogP contribution in [0.3, 0.4) is 0 Å². The third-order valence-electron chi connectivity index (χ3n) is 1.30. The van der Waals surface area contributed by atoms with Gasteiger partial charge in [0.05, 0.1) is 12.9 Å². The molecule has 0 saturated carbocycles. The van der Waals surface area contributed by atoms with Gasteiger partial charge in [0.15, 0.2) is 0 Å². The molecular weight excluding hydrogens is 206 g/mol. The van der Waals surface area contributed by atoms with Crippen molar-refractivity contribution in [3.63, 3.8) is 0 Å². The van der Waals surface area contributed by atoms with Gasteiger partial charge in [-0.15, -0.1) is 23.1 Å². The highest BCUT2D eigenvalue weighted by Crippen LogP contribution is 2.26. The molecule has 3 nitrogen and oxygen atoms in total. The van der Waals surface area contributed by atoms with Crippen LogP contribution in [0.15, 0.2) is 16.3 Å². The minimum atomic E-state index is -0.278. The minimum absolute atomic E-state index is 0.252.